The van der Waals surface area contributed by atoms with Crippen LogP contribution >= 0.6 is 0 Å². The number of nitrogens with one attached hydrogen (secondary N) is 1. The molecule has 1 aromatic rings. The highest BCUT2D eigenvalue weighted by Crippen LogP contribution is 2.20. The van der Waals surface area contributed by atoms with Crippen LogP contribution in [0.5, 0.6) is 0 Å². The van der Waals surface area contributed by atoms with E-state index in [2.05, 4.69) is 19.2 Å². The molecule has 1 rings (SSSR count). The van der Waals surface area contributed by atoms with Crippen LogP contribution in [0, 0.1) is 5.41 Å². The quantitative estimate of drug-likeness (QED) is 0.794. The third-order valence-corrected chi connectivity index (χ3v) is 2.78. The zero-order chi connectivity index (χ0) is 12.7. The Kier molecular flexibility index (Phi) is 5.16. The van der Waals surface area contributed by atoms with E-state index in [1.807, 2.05) is 18.2 Å². The molecule has 17 heavy (non-hydrogen) atoms. The van der Waals surface area contributed by atoms with Gasteiger partial charge in [0.15, 0.2) is 0 Å². The van der Waals surface area contributed by atoms with Gasteiger partial charge in [0.25, 0.3) is 5.91 Å². The topological polar surface area (TPSA) is 49.3 Å². The van der Waals surface area contributed by atoms with E-state index >= 15 is 0 Å². The van der Waals surface area contributed by atoms with Crippen LogP contribution in [-0.2, 0) is 0 Å². The maximum absolute atomic E-state index is 11.8. The first kappa shape index (κ1) is 13.7. The largest absolute Gasteiger partial charge is 0.396 e. The number of benzene rings is 1. The molecule has 1 amide bonds. The van der Waals surface area contributed by atoms with E-state index < -0.39 is 0 Å². The first-order valence-electron chi connectivity index (χ1n) is 5.99. The predicted molar refractivity (Wildman–Crippen MR) is 68.9 cm³/mol. The number of carbonyl (C=O) groups excluding carboxylic acids is 1. The van der Waals surface area contributed by atoms with Crippen LogP contribution in [0.3, 0.4) is 0 Å². The molecule has 1 aromatic carbocycles. The van der Waals surface area contributed by atoms with Gasteiger partial charge in [-0.15, -0.1) is 0 Å². The minimum atomic E-state index is -0.0392. The van der Waals surface area contributed by atoms with Gasteiger partial charge in [-0.2, -0.15) is 0 Å². The molecule has 0 aliphatic carbocycles. The van der Waals surface area contributed by atoms with E-state index in [9.17, 15) is 4.79 Å². The van der Waals surface area contributed by atoms with Crippen LogP contribution in [0.25, 0.3) is 0 Å². The van der Waals surface area contributed by atoms with Crippen molar-refractivity contribution in [2.45, 2.75) is 26.7 Å². The van der Waals surface area contributed by atoms with Crippen LogP contribution in [0.15, 0.2) is 30.3 Å². The molecular weight excluding hydrogens is 214 g/mol. The fourth-order valence-corrected chi connectivity index (χ4v) is 1.66. The molecular formula is C14H21NO2. The number of aliphatic hydroxyl groups excluding tert-OH is 1. The van der Waals surface area contributed by atoms with E-state index in [0.29, 0.717) is 12.1 Å². The zero-order valence-electron chi connectivity index (χ0n) is 10.6. The van der Waals surface area contributed by atoms with Crippen molar-refractivity contribution in [1.82, 2.24) is 5.32 Å². The average Bonchev–Trinajstić information content (AvgIpc) is 2.35. The van der Waals surface area contributed by atoms with Gasteiger partial charge in [-0.05, 0) is 30.4 Å². The van der Waals surface area contributed by atoms with Gasteiger partial charge in [0.05, 0.1) is 0 Å². The number of hydrogen-bond acceptors (Lipinski definition) is 2. The van der Waals surface area contributed by atoms with Crippen molar-refractivity contribution in [3.8, 4) is 0 Å². The maximum Gasteiger partial charge on any atom is 0.251 e. The summed E-state index contributed by atoms with van der Waals surface area (Å²) in [5.41, 5.74) is 0.707. The molecule has 94 valence electrons. The second-order valence-electron chi connectivity index (χ2n) is 5.04. The second-order valence-corrected chi connectivity index (χ2v) is 5.04. The molecule has 0 unspecified atom stereocenters. The van der Waals surface area contributed by atoms with Crippen molar-refractivity contribution in [3.63, 3.8) is 0 Å². The number of hydrogen-bond donors (Lipinski definition) is 2. The summed E-state index contributed by atoms with van der Waals surface area (Å²) in [6.07, 6.45) is 1.67. The second kappa shape index (κ2) is 6.40. The van der Waals surface area contributed by atoms with Gasteiger partial charge in [-0.3, -0.25) is 4.79 Å². The number of carbonyl (C=O) groups is 1. The summed E-state index contributed by atoms with van der Waals surface area (Å²) in [4.78, 5) is 11.8. The Morgan fingerprint density at radius 3 is 2.53 bits per heavy atom. The summed E-state index contributed by atoms with van der Waals surface area (Å²) in [5.74, 6) is -0.0392. The zero-order valence-corrected chi connectivity index (χ0v) is 10.6. The molecule has 0 bridgehead atoms. The molecule has 0 spiro atoms. The van der Waals surface area contributed by atoms with Crippen LogP contribution in [0.2, 0.25) is 0 Å². The SMILES string of the molecule is CC(C)(CCCO)CNC(=O)c1ccccc1. The van der Waals surface area contributed by atoms with E-state index in [1.54, 1.807) is 12.1 Å². The fourth-order valence-electron chi connectivity index (χ4n) is 1.66. The molecule has 0 saturated heterocycles. The van der Waals surface area contributed by atoms with Gasteiger partial charge in [-0.1, -0.05) is 32.0 Å². The smallest absolute Gasteiger partial charge is 0.251 e. The van der Waals surface area contributed by atoms with Crippen LogP contribution < -0.4 is 5.32 Å². The summed E-state index contributed by atoms with van der Waals surface area (Å²) in [5, 5.41) is 11.7. The normalized spacial score (nSPS) is 11.2. The van der Waals surface area contributed by atoms with E-state index in [-0.39, 0.29) is 17.9 Å². The maximum atomic E-state index is 11.8. The van der Waals surface area contributed by atoms with Crippen molar-refractivity contribution < 1.29 is 9.90 Å². The van der Waals surface area contributed by atoms with Crippen molar-refractivity contribution in [2.75, 3.05) is 13.2 Å². The highest BCUT2D eigenvalue weighted by atomic mass is 16.2. The molecule has 2 N–H and O–H groups in total. The van der Waals surface area contributed by atoms with E-state index in [4.69, 9.17) is 5.11 Å². The van der Waals surface area contributed by atoms with Gasteiger partial charge in [0.2, 0.25) is 0 Å². The summed E-state index contributed by atoms with van der Waals surface area (Å²) in [7, 11) is 0. The van der Waals surface area contributed by atoms with Crippen molar-refractivity contribution in [3.05, 3.63) is 35.9 Å². The molecule has 3 heteroatoms. The number of aliphatic hydroxyl groups is 1. The molecule has 0 aliphatic heterocycles. The van der Waals surface area contributed by atoms with Crippen molar-refractivity contribution in [1.29, 1.82) is 0 Å². The van der Waals surface area contributed by atoms with Gasteiger partial charge in [0, 0.05) is 18.7 Å². The minimum absolute atomic E-state index is 0.0210. The first-order chi connectivity index (χ1) is 8.05. The Balaban J connectivity index is 2.43. The molecule has 0 aliphatic rings. The molecule has 0 saturated carbocycles. The van der Waals surface area contributed by atoms with Crippen LogP contribution in [-0.4, -0.2) is 24.2 Å². The average molecular weight is 235 g/mol. The Hall–Kier alpha value is -1.35. The summed E-state index contributed by atoms with van der Waals surface area (Å²) in [6, 6.07) is 9.20. The monoisotopic (exact) mass is 235 g/mol. The van der Waals surface area contributed by atoms with Crippen molar-refractivity contribution >= 4 is 5.91 Å². The number of amides is 1. The highest BCUT2D eigenvalue weighted by Gasteiger charge is 2.18. The molecule has 0 atom stereocenters. The lowest BCUT2D eigenvalue weighted by molar-refractivity contribution is 0.0933. The summed E-state index contributed by atoms with van der Waals surface area (Å²) >= 11 is 0. The first-order valence-corrected chi connectivity index (χ1v) is 5.99. The third-order valence-electron chi connectivity index (χ3n) is 2.78. The molecule has 0 fully saturated rings. The highest BCUT2D eigenvalue weighted by molar-refractivity contribution is 5.94. The molecule has 3 nitrogen and oxygen atoms in total. The van der Waals surface area contributed by atoms with Crippen LogP contribution in [0.1, 0.15) is 37.0 Å². The lowest BCUT2D eigenvalue weighted by Gasteiger charge is -2.24. The van der Waals surface area contributed by atoms with Gasteiger partial charge < -0.3 is 10.4 Å². The lowest BCUT2D eigenvalue weighted by Crippen LogP contribution is -2.34. The number of rotatable bonds is 6. The Morgan fingerprint density at radius 2 is 1.94 bits per heavy atom. The van der Waals surface area contributed by atoms with E-state index in [0.717, 1.165) is 12.8 Å². The molecule has 0 radical (unpaired) electrons. The molecule has 0 aromatic heterocycles. The minimum Gasteiger partial charge on any atom is -0.396 e. The van der Waals surface area contributed by atoms with Crippen molar-refractivity contribution in [2.24, 2.45) is 5.41 Å². The third kappa shape index (κ3) is 5.00. The fraction of sp³-hybridized carbons (Fsp3) is 0.500. The summed E-state index contributed by atoms with van der Waals surface area (Å²) in [6.45, 7) is 5.01. The van der Waals surface area contributed by atoms with Gasteiger partial charge in [-0.25, -0.2) is 0 Å². The Labute approximate surface area is 103 Å². The molecule has 0 heterocycles. The lowest BCUT2D eigenvalue weighted by atomic mass is 9.88. The Morgan fingerprint density at radius 1 is 1.29 bits per heavy atom. The standard InChI is InChI=1S/C14H21NO2/c1-14(2,9-6-10-16)11-15-13(17)12-7-4-3-5-8-12/h3-5,7-8,16H,6,9-11H2,1-2H3,(H,15,17). The van der Waals surface area contributed by atoms with Crippen LogP contribution in [0.4, 0.5) is 0 Å². The Bertz CT molecular complexity index is 346. The van der Waals surface area contributed by atoms with Gasteiger partial charge >= 0.3 is 0 Å². The predicted octanol–water partition coefficient (Wildman–Crippen LogP) is 2.22. The summed E-state index contributed by atoms with van der Waals surface area (Å²) < 4.78 is 0. The van der Waals surface area contributed by atoms with E-state index in [1.165, 1.54) is 0 Å². The van der Waals surface area contributed by atoms with Gasteiger partial charge in [0.1, 0.15) is 0 Å².